The molecule has 1 aromatic rings. The van der Waals surface area contributed by atoms with Crippen LogP contribution in [0.4, 0.5) is 0 Å². The zero-order valence-electron chi connectivity index (χ0n) is 7.79. The van der Waals surface area contributed by atoms with E-state index in [1.54, 1.807) is 13.0 Å². The Morgan fingerprint density at radius 1 is 1.54 bits per heavy atom. The third-order valence-corrected chi connectivity index (χ3v) is 2.64. The molecule has 70 valence electrons. The van der Waals surface area contributed by atoms with E-state index in [2.05, 4.69) is 4.98 Å². The fourth-order valence-electron chi connectivity index (χ4n) is 0.939. The highest BCUT2D eigenvalue weighted by molar-refractivity contribution is 7.12. The van der Waals surface area contributed by atoms with Crippen LogP contribution < -0.4 is 0 Å². The van der Waals surface area contributed by atoms with Crippen LogP contribution in [0.2, 0.25) is 0 Å². The van der Waals surface area contributed by atoms with Crippen molar-refractivity contribution in [1.82, 2.24) is 4.98 Å². The molecule has 4 heteroatoms. The summed E-state index contributed by atoms with van der Waals surface area (Å²) in [6, 6.07) is 0. The molecule has 0 aliphatic rings. The SMILES string of the molecule is CC(=Cc1sc(C)nc1C)C(=O)O. The molecule has 0 aliphatic heterocycles. The summed E-state index contributed by atoms with van der Waals surface area (Å²) in [5, 5.41) is 9.62. The minimum Gasteiger partial charge on any atom is -0.478 e. The minimum absolute atomic E-state index is 0.340. The van der Waals surface area contributed by atoms with Gasteiger partial charge in [0, 0.05) is 5.57 Å². The summed E-state index contributed by atoms with van der Waals surface area (Å²) in [6.45, 7) is 5.37. The van der Waals surface area contributed by atoms with Gasteiger partial charge in [0.2, 0.25) is 0 Å². The van der Waals surface area contributed by atoms with Gasteiger partial charge in [0.15, 0.2) is 0 Å². The Hall–Kier alpha value is -1.16. The Bertz CT molecular complexity index is 366. The molecule has 0 aliphatic carbocycles. The summed E-state index contributed by atoms with van der Waals surface area (Å²) in [5.74, 6) is -0.884. The first kappa shape index (κ1) is 9.92. The second-order valence-corrected chi connectivity index (χ2v) is 4.05. The molecule has 1 N–H and O–H groups in total. The first-order chi connectivity index (χ1) is 6.00. The smallest absolute Gasteiger partial charge is 0.331 e. The highest BCUT2D eigenvalue weighted by Crippen LogP contribution is 2.20. The van der Waals surface area contributed by atoms with Crippen LogP contribution in [-0.2, 0) is 4.79 Å². The van der Waals surface area contributed by atoms with Crippen LogP contribution in [-0.4, -0.2) is 16.1 Å². The number of thiazole rings is 1. The van der Waals surface area contributed by atoms with E-state index in [1.165, 1.54) is 11.3 Å². The van der Waals surface area contributed by atoms with Crippen molar-refractivity contribution in [1.29, 1.82) is 0 Å². The quantitative estimate of drug-likeness (QED) is 0.740. The molecule has 0 saturated heterocycles. The molecule has 1 heterocycles. The van der Waals surface area contributed by atoms with Gasteiger partial charge in [-0.15, -0.1) is 11.3 Å². The van der Waals surface area contributed by atoms with E-state index < -0.39 is 5.97 Å². The third-order valence-electron chi connectivity index (χ3n) is 1.62. The number of hydrogen-bond acceptors (Lipinski definition) is 3. The van der Waals surface area contributed by atoms with E-state index in [4.69, 9.17) is 5.11 Å². The topological polar surface area (TPSA) is 50.2 Å². The van der Waals surface area contributed by atoms with Crippen molar-refractivity contribution >= 4 is 23.4 Å². The highest BCUT2D eigenvalue weighted by atomic mass is 32.1. The molecule has 0 amide bonds. The second-order valence-electron chi connectivity index (χ2n) is 2.82. The van der Waals surface area contributed by atoms with Gasteiger partial charge in [-0.3, -0.25) is 0 Å². The Morgan fingerprint density at radius 3 is 2.54 bits per heavy atom. The van der Waals surface area contributed by atoms with Crippen LogP contribution in [0.15, 0.2) is 5.57 Å². The van der Waals surface area contributed by atoms with Crippen LogP contribution in [0.1, 0.15) is 22.5 Å². The number of nitrogens with zero attached hydrogens (tertiary/aromatic N) is 1. The first-order valence-corrected chi connectivity index (χ1v) is 4.68. The Kier molecular flexibility index (Phi) is 2.83. The number of rotatable bonds is 2. The molecule has 0 aromatic carbocycles. The molecule has 0 atom stereocenters. The van der Waals surface area contributed by atoms with Crippen LogP contribution >= 0.6 is 11.3 Å². The zero-order chi connectivity index (χ0) is 10.0. The average Bonchev–Trinajstić information content (AvgIpc) is 2.30. The van der Waals surface area contributed by atoms with Crippen LogP contribution in [0.3, 0.4) is 0 Å². The fraction of sp³-hybridized carbons (Fsp3) is 0.333. The number of carboxylic acids is 1. The van der Waals surface area contributed by atoms with Crippen molar-refractivity contribution in [2.75, 3.05) is 0 Å². The molecule has 0 spiro atoms. The predicted molar refractivity (Wildman–Crippen MR) is 52.9 cm³/mol. The van der Waals surface area contributed by atoms with Crippen LogP contribution in [0, 0.1) is 13.8 Å². The average molecular weight is 197 g/mol. The number of carbonyl (C=O) groups is 1. The van der Waals surface area contributed by atoms with E-state index in [0.717, 1.165) is 15.6 Å². The number of carboxylic acid groups (broad SMARTS) is 1. The maximum absolute atomic E-state index is 10.5. The standard InChI is InChI=1S/C9H11NO2S/c1-5(9(11)12)4-8-6(2)10-7(3)13-8/h4H,1-3H3,(H,11,12). The van der Waals surface area contributed by atoms with E-state index in [-0.39, 0.29) is 0 Å². The molecule has 1 aromatic heterocycles. The molecule has 3 nitrogen and oxygen atoms in total. The predicted octanol–water partition coefficient (Wildman–Crippen LogP) is 2.25. The van der Waals surface area contributed by atoms with Crippen molar-refractivity contribution in [2.24, 2.45) is 0 Å². The normalized spacial score (nSPS) is 11.8. The van der Waals surface area contributed by atoms with Gasteiger partial charge in [0.05, 0.1) is 15.6 Å². The molecule has 0 bridgehead atoms. The van der Waals surface area contributed by atoms with Gasteiger partial charge in [0.1, 0.15) is 0 Å². The summed E-state index contributed by atoms with van der Waals surface area (Å²) in [6.07, 6.45) is 1.66. The van der Waals surface area contributed by atoms with Crippen molar-refractivity contribution in [3.63, 3.8) is 0 Å². The minimum atomic E-state index is -0.884. The van der Waals surface area contributed by atoms with Gasteiger partial charge in [-0.1, -0.05) is 0 Å². The zero-order valence-corrected chi connectivity index (χ0v) is 8.60. The largest absolute Gasteiger partial charge is 0.478 e. The summed E-state index contributed by atoms with van der Waals surface area (Å²) in [4.78, 5) is 15.7. The highest BCUT2D eigenvalue weighted by Gasteiger charge is 2.05. The Morgan fingerprint density at radius 2 is 2.15 bits per heavy atom. The lowest BCUT2D eigenvalue weighted by atomic mass is 10.2. The van der Waals surface area contributed by atoms with Gasteiger partial charge in [-0.05, 0) is 26.8 Å². The molecule has 13 heavy (non-hydrogen) atoms. The lowest BCUT2D eigenvalue weighted by Crippen LogP contribution is -1.95. The van der Waals surface area contributed by atoms with Gasteiger partial charge in [0.25, 0.3) is 0 Å². The lowest BCUT2D eigenvalue weighted by Gasteiger charge is -1.91. The monoisotopic (exact) mass is 197 g/mol. The van der Waals surface area contributed by atoms with E-state index in [0.29, 0.717) is 5.57 Å². The summed E-state index contributed by atoms with van der Waals surface area (Å²) in [7, 11) is 0. The van der Waals surface area contributed by atoms with Crippen LogP contribution in [0.5, 0.6) is 0 Å². The van der Waals surface area contributed by atoms with E-state index >= 15 is 0 Å². The maximum atomic E-state index is 10.5. The fourth-order valence-corrected chi connectivity index (χ4v) is 1.87. The van der Waals surface area contributed by atoms with Gasteiger partial charge >= 0.3 is 5.97 Å². The molecule has 0 unspecified atom stereocenters. The number of aliphatic carboxylic acids is 1. The van der Waals surface area contributed by atoms with Crippen molar-refractivity contribution < 1.29 is 9.90 Å². The van der Waals surface area contributed by atoms with Crippen molar-refractivity contribution in [3.8, 4) is 0 Å². The molecule has 0 fully saturated rings. The summed E-state index contributed by atoms with van der Waals surface area (Å²) in [5.41, 5.74) is 1.23. The lowest BCUT2D eigenvalue weighted by molar-refractivity contribution is -0.132. The summed E-state index contributed by atoms with van der Waals surface area (Å²) < 4.78 is 0. The molecular formula is C9H11NO2S. The maximum Gasteiger partial charge on any atom is 0.331 e. The Labute approximate surface area is 80.7 Å². The Balaban J connectivity index is 3.03. The number of aromatic nitrogens is 1. The number of hydrogen-bond donors (Lipinski definition) is 1. The van der Waals surface area contributed by atoms with Crippen molar-refractivity contribution in [2.45, 2.75) is 20.8 Å². The number of aryl methyl sites for hydroxylation is 2. The van der Waals surface area contributed by atoms with Crippen molar-refractivity contribution in [3.05, 3.63) is 21.2 Å². The van der Waals surface area contributed by atoms with E-state index in [1.807, 2.05) is 13.8 Å². The molecular weight excluding hydrogens is 186 g/mol. The summed E-state index contributed by atoms with van der Waals surface area (Å²) >= 11 is 1.51. The molecule has 0 saturated carbocycles. The third kappa shape index (κ3) is 2.39. The van der Waals surface area contributed by atoms with Gasteiger partial charge in [-0.25, -0.2) is 9.78 Å². The van der Waals surface area contributed by atoms with Crippen LogP contribution in [0.25, 0.3) is 6.08 Å². The second kappa shape index (κ2) is 3.70. The first-order valence-electron chi connectivity index (χ1n) is 3.86. The van der Waals surface area contributed by atoms with Gasteiger partial charge in [-0.2, -0.15) is 0 Å². The van der Waals surface area contributed by atoms with E-state index in [9.17, 15) is 4.79 Å². The van der Waals surface area contributed by atoms with Gasteiger partial charge < -0.3 is 5.11 Å². The molecule has 1 rings (SSSR count). The molecule has 0 radical (unpaired) electrons.